The summed E-state index contributed by atoms with van der Waals surface area (Å²) in [5, 5.41) is 3.61. The first kappa shape index (κ1) is 13.9. The van der Waals surface area contributed by atoms with Crippen molar-refractivity contribution >= 4 is 0 Å². The first-order chi connectivity index (χ1) is 6.72. The maximum Gasteiger partial charge on any atom is 0.00874 e. The van der Waals surface area contributed by atoms with Crippen LogP contribution in [0.4, 0.5) is 0 Å². The van der Waals surface area contributed by atoms with Crippen molar-refractivity contribution < 1.29 is 0 Å². The third kappa shape index (κ3) is 7.34. The van der Waals surface area contributed by atoms with E-state index in [9.17, 15) is 0 Å². The van der Waals surface area contributed by atoms with Crippen molar-refractivity contribution in [1.29, 1.82) is 0 Å². The maximum atomic E-state index is 5.44. The molecule has 0 spiro atoms. The normalized spacial score (nSPS) is 13.5. The van der Waals surface area contributed by atoms with E-state index in [1.165, 1.54) is 38.6 Å². The van der Waals surface area contributed by atoms with Crippen molar-refractivity contribution in [3.05, 3.63) is 0 Å². The summed E-state index contributed by atoms with van der Waals surface area (Å²) in [5.41, 5.74) is 5.44. The first-order valence-corrected chi connectivity index (χ1v) is 6.15. The predicted molar refractivity (Wildman–Crippen MR) is 64.4 cm³/mol. The third-order valence-electron chi connectivity index (χ3n) is 2.78. The van der Waals surface area contributed by atoms with Crippen LogP contribution in [-0.2, 0) is 0 Å². The van der Waals surface area contributed by atoms with Crippen LogP contribution in [0.5, 0.6) is 0 Å². The molecule has 0 aliphatic carbocycles. The summed E-state index contributed by atoms with van der Waals surface area (Å²) in [6.45, 7) is 8.84. The van der Waals surface area contributed by atoms with Crippen LogP contribution in [0.3, 0.4) is 0 Å². The molecule has 2 heteroatoms. The molecule has 0 fully saturated rings. The van der Waals surface area contributed by atoms with E-state index in [1.54, 1.807) is 0 Å². The summed E-state index contributed by atoms with van der Waals surface area (Å²) in [6.07, 6.45) is 6.32. The summed E-state index contributed by atoms with van der Waals surface area (Å²) >= 11 is 0. The topological polar surface area (TPSA) is 38.0 Å². The van der Waals surface area contributed by atoms with E-state index in [-0.39, 0.29) is 0 Å². The first-order valence-electron chi connectivity index (χ1n) is 6.15. The van der Waals surface area contributed by atoms with Crippen molar-refractivity contribution in [2.24, 2.45) is 11.7 Å². The van der Waals surface area contributed by atoms with Gasteiger partial charge in [0.1, 0.15) is 0 Å². The smallest absolute Gasteiger partial charge is 0.00874 e. The molecule has 0 amide bonds. The molecular formula is C12H28N2. The number of nitrogens with one attached hydrogen (secondary N) is 1. The lowest BCUT2D eigenvalue weighted by atomic mass is 10.0. The molecular weight excluding hydrogens is 172 g/mol. The Bertz CT molecular complexity index is 113. The number of hydrogen-bond acceptors (Lipinski definition) is 2. The highest BCUT2D eigenvalue weighted by Crippen LogP contribution is 2.05. The molecule has 0 aromatic rings. The molecule has 0 heterocycles. The van der Waals surface area contributed by atoms with Crippen molar-refractivity contribution in [3.63, 3.8) is 0 Å². The van der Waals surface area contributed by atoms with Gasteiger partial charge in [-0.05, 0) is 38.3 Å². The van der Waals surface area contributed by atoms with E-state index in [4.69, 9.17) is 5.73 Å². The van der Waals surface area contributed by atoms with E-state index in [2.05, 4.69) is 26.1 Å². The molecule has 0 aliphatic rings. The quantitative estimate of drug-likeness (QED) is 0.561. The van der Waals surface area contributed by atoms with Crippen LogP contribution < -0.4 is 11.1 Å². The monoisotopic (exact) mass is 200 g/mol. The number of rotatable bonds is 9. The average molecular weight is 200 g/mol. The molecule has 3 N–H and O–H groups in total. The predicted octanol–water partition coefficient (Wildman–Crippen LogP) is 2.53. The molecule has 1 unspecified atom stereocenters. The van der Waals surface area contributed by atoms with Gasteiger partial charge in [0.05, 0.1) is 0 Å². The van der Waals surface area contributed by atoms with E-state index in [0.29, 0.717) is 6.04 Å². The van der Waals surface area contributed by atoms with Crippen molar-refractivity contribution in [2.45, 2.75) is 58.9 Å². The molecule has 1 atom stereocenters. The molecule has 0 radical (unpaired) electrons. The van der Waals surface area contributed by atoms with Crippen LogP contribution in [0, 0.1) is 5.92 Å². The van der Waals surface area contributed by atoms with Gasteiger partial charge in [0, 0.05) is 6.04 Å². The molecule has 14 heavy (non-hydrogen) atoms. The second kappa shape index (κ2) is 9.47. The number of hydrogen-bond donors (Lipinski definition) is 2. The highest BCUT2D eigenvalue weighted by molar-refractivity contribution is 4.68. The summed E-state index contributed by atoms with van der Waals surface area (Å²) in [7, 11) is 0. The largest absolute Gasteiger partial charge is 0.330 e. The second-order valence-corrected chi connectivity index (χ2v) is 4.42. The standard InChI is InChI=1S/C12H28N2/c1-4-12(11(2)3)14-10-8-6-5-7-9-13/h11-12,14H,4-10,13H2,1-3H3. The Kier molecular flexibility index (Phi) is 9.42. The second-order valence-electron chi connectivity index (χ2n) is 4.42. The number of nitrogens with two attached hydrogens (primary N) is 1. The molecule has 86 valence electrons. The van der Waals surface area contributed by atoms with Crippen LogP contribution in [0.1, 0.15) is 52.9 Å². The molecule has 0 saturated heterocycles. The highest BCUT2D eigenvalue weighted by Gasteiger charge is 2.08. The lowest BCUT2D eigenvalue weighted by molar-refractivity contribution is 0.384. The zero-order valence-electron chi connectivity index (χ0n) is 10.2. The molecule has 0 saturated carbocycles. The van der Waals surface area contributed by atoms with Gasteiger partial charge < -0.3 is 11.1 Å². The van der Waals surface area contributed by atoms with E-state index >= 15 is 0 Å². The Labute approximate surface area is 89.6 Å². The molecule has 0 rings (SSSR count). The molecule has 2 nitrogen and oxygen atoms in total. The van der Waals surface area contributed by atoms with Gasteiger partial charge in [0.15, 0.2) is 0 Å². The van der Waals surface area contributed by atoms with Crippen LogP contribution in [0.15, 0.2) is 0 Å². The fraction of sp³-hybridized carbons (Fsp3) is 1.00. The van der Waals surface area contributed by atoms with Crippen LogP contribution in [0.25, 0.3) is 0 Å². The molecule has 0 aromatic heterocycles. The van der Waals surface area contributed by atoms with Gasteiger partial charge in [-0.2, -0.15) is 0 Å². The Morgan fingerprint density at radius 1 is 1.07 bits per heavy atom. The van der Waals surface area contributed by atoms with Crippen molar-refractivity contribution in [1.82, 2.24) is 5.32 Å². The Balaban J connectivity index is 3.25. The van der Waals surface area contributed by atoms with E-state index < -0.39 is 0 Å². The fourth-order valence-electron chi connectivity index (χ4n) is 1.76. The van der Waals surface area contributed by atoms with E-state index in [0.717, 1.165) is 12.5 Å². The van der Waals surface area contributed by atoms with Gasteiger partial charge in [-0.1, -0.05) is 33.6 Å². The van der Waals surface area contributed by atoms with Gasteiger partial charge in [0.2, 0.25) is 0 Å². The lowest BCUT2D eigenvalue weighted by Crippen LogP contribution is -2.33. The van der Waals surface area contributed by atoms with Crippen molar-refractivity contribution in [2.75, 3.05) is 13.1 Å². The van der Waals surface area contributed by atoms with Crippen LogP contribution in [0.2, 0.25) is 0 Å². The summed E-state index contributed by atoms with van der Waals surface area (Å²) < 4.78 is 0. The van der Waals surface area contributed by atoms with Crippen molar-refractivity contribution in [3.8, 4) is 0 Å². The highest BCUT2D eigenvalue weighted by atomic mass is 14.9. The zero-order valence-corrected chi connectivity index (χ0v) is 10.2. The minimum atomic E-state index is 0.699. The van der Waals surface area contributed by atoms with Gasteiger partial charge >= 0.3 is 0 Å². The summed E-state index contributed by atoms with van der Waals surface area (Å²) in [6, 6.07) is 0.699. The Morgan fingerprint density at radius 3 is 2.21 bits per heavy atom. The molecule has 0 aromatic carbocycles. The fourth-order valence-corrected chi connectivity index (χ4v) is 1.76. The minimum Gasteiger partial charge on any atom is -0.330 e. The lowest BCUT2D eigenvalue weighted by Gasteiger charge is -2.20. The van der Waals surface area contributed by atoms with Gasteiger partial charge in [-0.25, -0.2) is 0 Å². The van der Waals surface area contributed by atoms with Gasteiger partial charge in [-0.15, -0.1) is 0 Å². The summed E-state index contributed by atoms with van der Waals surface area (Å²) in [5.74, 6) is 0.754. The van der Waals surface area contributed by atoms with Crippen LogP contribution >= 0.6 is 0 Å². The Hall–Kier alpha value is -0.0800. The summed E-state index contributed by atoms with van der Waals surface area (Å²) in [4.78, 5) is 0. The SMILES string of the molecule is CCC(NCCCCCCN)C(C)C. The number of unbranched alkanes of at least 4 members (excludes halogenated alkanes) is 3. The molecule has 0 aliphatic heterocycles. The van der Waals surface area contributed by atoms with Gasteiger partial charge in [-0.3, -0.25) is 0 Å². The average Bonchev–Trinajstić information content (AvgIpc) is 2.16. The zero-order chi connectivity index (χ0) is 10.8. The maximum absolute atomic E-state index is 5.44. The third-order valence-corrected chi connectivity index (χ3v) is 2.78. The molecule has 0 bridgehead atoms. The Morgan fingerprint density at radius 2 is 1.71 bits per heavy atom. The van der Waals surface area contributed by atoms with Crippen LogP contribution in [-0.4, -0.2) is 19.1 Å². The van der Waals surface area contributed by atoms with E-state index in [1.807, 2.05) is 0 Å². The minimum absolute atomic E-state index is 0.699. The van der Waals surface area contributed by atoms with Gasteiger partial charge in [0.25, 0.3) is 0 Å².